The summed E-state index contributed by atoms with van der Waals surface area (Å²) in [5.74, 6) is 0.537. The van der Waals surface area contributed by atoms with E-state index in [0.717, 1.165) is 75.7 Å². The fourth-order valence-corrected chi connectivity index (χ4v) is 4.06. The van der Waals surface area contributed by atoms with Crippen LogP contribution in [0.3, 0.4) is 0 Å². The van der Waals surface area contributed by atoms with E-state index in [1.165, 1.54) is 11.1 Å². The van der Waals surface area contributed by atoms with E-state index in [1.807, 2.05) is 0 Å². The van der Waals surface area contributed by atoms with Gasteiger partial charge in [-0.2, -0.15) is 9.97 Å². The molecule has 1 fully saturated rings. The number of aromatic nitrogens is 2. The number of piperidine rings is 1. The summed E-state index contributed by atoms with van der Waals surface area (Å²) >= 11 is 0. The first-order chi connectivity index (χ1) is 12.9. The Bertz CT molecular complexity index is 694. The molecule has 1 aliphatic carbocycles. The van der Waals surface area contributed by atoms with Crippen molar-refractivity contribution in [2.45, 2.75) is 70.8 Å². The summed E-state index contributed by atoms with van der Waals surface area (Å²) < 4.78 is 5.69. The lowest BCUT2D eigenvalue weighted by molar-refractivity contribution is -0.0233. The third kappa shape index (κ3) is 4.79. The number of anilines is 1. The normalized spacial score (nSPS) is 19.4. The van der Waals surface area contributed by atoms with Gasteiger partial charge in [0.2, 0.25) is 0 Å². The smallest absolute Gasteiger partial charge is 0.318 e. The predicted octanol–water partition coefficient (Wildman–Crippen LogP) is 3.19. The van der Waals surface area contributed by atoms with Gasteiger partial charge in [-0.25, -0.2) is 0 Å². The molecule has 1 aliphatic heterocycles. The van der Waals surface area contributed by atoms with Crippen LogP contribution in [0.1, 0.15) is 70.1 Å². The minimum atomic E-state index is -0.512. The van der Waals surface area contributed by atoms with Gasteiger partial charge < -0.3 is 20.5 Å². The van der Waals surface area contributed by atoms with Crippen molar-refractivity contribution >= 4 is 11.4 Å². The van der Waals surface area contributed by atoms with Gasteiger partial charge in [0.15, 0.2) is 0 Å². The number of unbranched alkanes of at least 4 members (excludes halogenated alkanes) is 1. The molecular formula is C21H34N4O2. The quantitative estimate of drug-likeness (QED) is 0.680. The van der Waals surface area contributed by atoms with Crippen molar-refractivity contribution in [1.29, 1.82) is 0 Å². The Morgan fingerprint density at radius 2 is 1.96 bits per heavy atom. The highest BCUT2D eigenvalue weighted by Gasteiger charge is 2.31. The van der Waals surface area contributed by atoms with Crippen LogP contribution in [-0.2, 0) is 6.42 Å². The molecule has 0 radical (unpaired) electrons. The van der Waals surface area contributed by atoms with E-state index in [9.17, 15) is 5.11 Å². The Morgan fingerprint density at radius 3 is 2.67 bits per heavy atom. The first-order valence-electron chi connectivity index (χ1n) is 10.3. The van der Waals surface area contributed by atoms with Gasteiger partial charge in [-0.3, -0.25) is 0 Å². The molecule has 150 valence electrons. The minimum absolute atomic E-state index is 0.390. The maximum atomic E-state index is 10.8. The molecule has 0 aromatic carbocycles. The Hall–Kier alpha value is -1.66. The molecule has 3 rings (SSSR count). The van der Waals surface area contributed by atoms with E-state index >= 15 is 0 Å². The lowest BCUT2D eigenvalue weighted by atomic mass is 9.86. The van der Waals surface area contributed by atoms with Crippen molar-refractivity contribution in [2.75, 3.05) is 32.5 Å². The standard InChI is InChI=1S/C21H34N4O2/c1-4-5-13-27-20-23-18-16(15(2)14-17(18)19(22)24-20)7-6-8-21(26)9-11-25(3)12-10-21/h26H,4-14H2,1-3H3,(H2,22,23,24). The van der Waals surface area contributed by atoms with Gasteiger partial charge in [0.25, 0.3) is 0 Å². The average molecular weight is 375 g/mol. The van der Waals surface area contributed by atoms with E-state index in [-0.39, 0.29) is 0 Å². The lowest BCUT2D eigenvalue weighted by Crippen LogP contribution is -2.42. The average Bonchev–Trinajstić information content (AvgIpc) is 2.95. The molecule has 1 aromatic rings. The fourth-order valence-electron chi connectivity index (χ4n) is 4.06. The van der Waals surface area contributed by atoms with Crippen LogP contribution < -0.4 is 10.5 Å². The number of nitrogen functional groups attached to an aromatic ring is 1. The predicted molar refractivity (Wildman–Crippen MR) is 109 cm³/mol. The molecule has 0 bridgehead atoms. The van der Waals surface area contributed by atoms with Crippen molar-refractivity contribution in [3.05, 3.63) is 16.8 Å². The van der Waals surface area contributed by atoms with Crippen LogP contribution in [-0.4, -0.2) is 52.3 Å². The molecule has 6 nitrogen and oxygen atoms in total. The third-order valence-electron chi connectivity index (χ3n) is 5.98. The number of rotatable bonds is 8. The SMILES string of the molecule is CCCCOc1nc(N)c2c(n1)C(CCCC1(O)CCN(C)CC1)=C(C)C2. The summed E-state index contributed by atoms with van der Waals surface area (Å²) in [6.07, 6.45) is 7.32. The number of allylic oxidation sites excluding steroid dienone is 2. The fraction of sp³-hybridized carbons (Fsp3) is 0.714. The number of aliphatic hydroxyl groups is 1. The molecule has 1 aromatic heterocycles. The van der Waals surface area contributed by atoms with Crippen molar-refractivity contribution in [2.24, 2.45) is 0 Å². The van der Waals surface area contributed by atoms with Crippen LogP contribution in [0.25, 0.3) is 5.57 Å². The largest absolute Gasteiger partial charge is 0.463 e. The van der Waals surface area contributed by atoms with E-state index in [0.29, 0.717) is 18.4 Å². The molecule has 0 atom stereocenters. The van der Waals surface area contributed by atoms with Crippen molar-refractivity contribution in [1.82, 2.24) is 14.9 Å². The number of nitrogens with zero attached hydrogens (tertiary/aromatic N) is 3. The van der Waals surface area contributed by atoms with Gasteiger partial charge in [0.05, 0.1) is 17.9 Å². The second-order valence-electron chi connectivity index (χ2n) is 8.24. The molecule has 0 saturated carbocycles. The Morgan fingerprint density at radius 1 is 1.22 bits per heavy atom. The van der Waals surface area contributed by atoms with Crippen LogP contribution in [0.2, 0.25) is 0 Å². The molecule has 0 spiro atoms. The van der Waals surface area contributed by atoms with Gasteiger partial charge in [0.1, 0.15) is 5.82 Å². The maximum absolute atomic E-state index is 10.8. The molecule has 3 N–H and O–H groups in total. The monoisotopic (exact) mass is 374 g/mol. The van der Waals surface area contributed by atoms with E-state index in [4.69, 9.17) is 10.5 Å². The van der Waals surface area contributed by atoms with Gasteiger partial charge in [-0.15, -0.1) is 0 Å². The zero-order chi connectivity index (χ0) is 19.4. The Labute approximate surface area is 162 Å². The Kier molecular flexibility index (Phi) is 6.37. The molecule has 0 unspecified atom stereocenters. The topological polar surface area (TPSA) is 84.5 Å². The van der Waals surface area contributed by atoms with E-state index in [2.05, 4.69) is 35.8 Å². The molecular weight excluding hydrogens is 340 g/mol. The van der Waals surface area contributed by atoms with Crippen LogP contribution >= 0.6 is 0 Å². The summed E-state index contributed by atoms with van der Waals surface area (Å²) in [5, 5.41) is 10.8. The second kappa shape index (κ2) is 8.57. The number of hydrogen-bond acceptors (Lipinski definition) is 6. The van der Waals surface area contributed by atoms with Crippen molar-refractivity contribution in [3.8, 4) is 6.01 Å². The van der Waals surface area contributed by atoms with E-state index in [1.54, 1.807) is 0 Å². The van der Waals surface area contributed by atoms with Crippen LogP contribution in [0, 0.1) is 0 Å². The van der Waals surface area contributed by atoms with Gasteiger partial charge in [0, 0.05) is 18.7 Å². The third-order valence-corrected chi connectivity index (χ3v) is 5.98. The number of fused-ring (bicyclic) bond motifs is 1. The lowest BCUT2D eigenvalue weighted by Gasteiger charge is -2.36. The summed E-state index contributed by atoms with van der Waals surface area (Å²) in [7, 11) is 2.12. The van der Waals surface area contributed by atoms with Gasteiger partial charge in [-0.1, -0.05) is 18.9 Å². The number of hydrogen-bond donors (Lipinski definition) is 2. The summed E-state index contributed by atoms with van der Waals surface area (Å²) in [4.78, 5) is 11.3. The molecule has 2 heterocycles. The summed E-state index contributed by atoms with van der Waals surface area (Å²) in [6.45, 7) is 6.85. The molecule has 2 aliphatic rings. The zero-order valence-corrected chi connectivity index (χ0v) is 17.1. The molecule has 6 heteroatoms. The Balaban J connectivity index is 1.64. The van der Waals surface area contributed by atoms with Crippen molar-refractivity contribution < 1.29 is 9.84 Å². The van der Waals surface area contributed by atoms with E-state index < -0.39 is 5.60 Å². The molecule has 1 saturated heterocycles. The van der Waals surface area contributed by atoms with Gasteiger partial charge >= 0.3 is 6.01 Å². The van der Waals surface area contributed by atoms with Crippen LogP contribution in [0.15, 0.2) is 5.57 Å². The molecule has 27 heavy (non-hydrogen) atoms. The number of likely N-dealkylation sites (tertiary alicyclic amines) is 1. The van der Waals surface area contributed by atoms with Crippen molar-refractivity contribution in [3.63, 3.8) is 0 Å². The van der Waals surface area contributed by atoms with Gasteiger partial charge in [-0.05, 0) is 64.5 Å². The zero-order valence-electron chi connectivity index (χ0n) is 17.1. The highest BCUT2D eigenvalue weighted by Crippen LogP contribution is 2.38. The highest BCUT2D eigenvalue weighted by atomic mass is 16.5. The highest BCUT2D eigenvalue weighted by molar-refractivity contribution is 5.76. The molecule has 0 amide bonds. The first-order valence-corrected chi connectivity index (χ1v) is 10.3. The maximum Gasteiger partial charge on any atom is 0.318 e. The number of nitrogens with two attached hydrogens (primary N) is 1. The second-order valence-corrected chi connectivity index (χ2v) is 8.24. The summed E-state index contributed by atoms with van der Waals surface area (Å²) in [5.41, 5.74) is 10.2. The minimum Gasteiger partial charge on any atom is -0.463 e. The summed E-state index contributed by atoms with van der Waals surface area (Å²) in [6, 6.07) is 0.390. The van der Waals surface area contributed by atoms with Crippen LogP contribution in [0.5, 0.6) is 6.01 Å². The first kappa shape index (κ1) is 20.1. The number of ether oxygens (including phenoxy) is 1. The van der Waals surface area contributed by atoms with Crippen LogP contribution in [0.4, 0.5) is 5.82 Å².